The minimum Gasteiger partial charge on any atom is -0.493 e. The maximum absolute atomic E-state index is 11.2. The van der Waals surface area contributed by atoms with Gasteiger partial charge in [-0.3, -0.25) is 4.79 Å². The van der Waals surface area contributed by atoms with Crippen molar-refractivity contribution in [3.05, 3.63) is 23.8 Å². The van der Waals surface area contributed by atoms with Crippen LogP contribution in [0.25, 0.3) is 0 Å². The highest BCUT2D eigenvalue weighted by Crippen LogP contribution is 2.35. The fourth-order valence-electron chi connectivity index (χ4n) is 2.18. The maximum Gasteiger partial charge on any atom is 0.305 e. The van der Waals surface area contributed by atoms with Gasteiger partial charge in [-0.05, 0) is 36.0 Å². The molecule has 0 spiro atoms. The molecule has 0 unspecified atom stereocenters. The number of rotatable bonds is 7. The number of esters is 1. The third kappa shape index (κ3) is 4.15. The minimum atomic E-state index is -0.159. The number of hydrogen-bond donors (Lipinski definition) is 0. The molecule has 4 heteroatoms. The molecule has 0 aliphatic rings. The van der Waals surface area contributed by atoms with Crippen LogP contribution in [0.4, 0.5) is 0 Å². The number of hydrogen-bond acceptors (Lipinski definition) is 4. The second-order valence-corrected chi connectivity index (χ2v) is 5.38. The summed E-state index contributed by atoms with van der Waals surface area (Å²) in [5.41, 5.74) is 1.13. The van der Waals surface area contributed by atoms with Gasteiger partial charge in [-0.15, -0.1) is 0 Å². The van der Waals surface area contributed by atoms with Crippen molar-refractivity contribution < 1.29 is 19.0 Å². The standard InChI is InChI=1S/C16H24O4/c1-16(2,10-6-7-15(17)20-5)12-8-9-13(18-3)14(11-12)19-4/h8-9,11H,6-7,10H2,1-5H3. The normalized spacial score (nSPS) is 11.1. The van der Waals surface area contributed by atoms with Crippen molar-refractivity contribution in [1.82, 2.24) is 0 Å². The molecule has 0 amide bonds. The summed E-state index contributed by atoms with van der Waals surface area (Å²) in [6, 6.07) is 5.95. The van der Waals surface area contributed by atoms with Crippen LogP contribution in [0.5, 0.6) is 11.5 Å². The van der Waals surface area contributed by atoms with E-state index in [0.29, 0.717) is 6.42 Å². The quantitative estimate of drug-likeness (QED) is 0.719. The molecule has 0 aliphatic carbocycles. The molecule has 1 aromatic rings. The lowest BCUT2D eigenvalue weighted by Gasteiger charge is -2.26. The average Bonchev–Trinajstić information content (AvgIpc) is 2.45. The third-order valence-corrected chi connectivity index (χ3v) is 3.58. The Morgan fingerprint density at radius 2 is 1.75 bits per heavy atom. The molecule has 20 heavy (non-hydrogen) atoms. The van der Waals surface area contributed by atoms with E-state index < -0.39 is 0 Å². The molecule has 0 saturated heterocycles. The molecule has 0 saturated carbocycles. The molecule has 0 radical (unpaired) electrons. The molecule has 0 N–H and O–H groups in total. The molecule has 0 aromatic heterocycles. The van der Waals surface area contributed by atoms with E-state index >= 15 is 0 Å². The SMILES string of the molecule is COC(=O)CCCC(C)(C)c1ccc(OC)c(OC)c1. The smallest absolute Gasteiger partial charge is 0.305 e. The second kappa shape index (κ2) is 7.17. The monoisotopic (exact) mass is 280 g/mol. The van der Waals surface area contributed by atoms with Gasteiger partial charge in [-0.2, -0.15) is 0 Å². The summed E-state index contributed by atoms with van der Waals surface area (Å²) in [5, 5.41) is 0. The van der Waals surface area contributed by atoms with Gasteiger partial charge in [-0.25, -0.2) is 0 Å². The Kier molecular flexibility index (Phi) is 5.86. The highest BCUT2D eigenvalue weighted by molar-refractivity contribution is 5.69. The zero-order valence-corrected chi connectivity index (χ0v) is 13.0. The minimum absolute atomic E-state index is 0.0342. The van der Waals surface area contributed by atoms with E-state index in [2.05, 4.69) is 18.6 Å². The molecule has 4 nitrogen and oxygen atoms in total. The van der Waals surface area contributed by atoms with E-state index in [1.807, 2.05) is 18.2 Å². The van der Waals surface area contributed by atoms with Crippen LogP contribution in [0.3, 0.4) is 0 Å². The Labute approximate surface area is 121 Å². The first-order valence-corrected chi connectivity index (χ1v) is 6.74. The number of ether oxygens (including phenoxy) is 3. The van der Waals surface area contributed by atoms with Crippen molar-refractivity contribution >= 4 is 5.97 Å². The first-order valence-electron chi connectivity index (χ1n) is 6.74. The van der Waals surface area contributed by atoms with Gasteiger partial charge in [0.25, 0.3) is 0 Å². The number of benzene rings is 1. The number of carbonyl (C=O) groups excluding carboxylic acids is 1. The van der Waals surface area contributed by atoms with E-state index in [9.17, 15) is 4.79 Å². The van der Waals surface area contributed by atoms with Crippen LogP contribution in [0.15, 0.2) is 18.2 Å². The van der Waals surface area contributed by atoms with Gasteiger partial charge in [0.2, 0.25) is 0 Å². The van der Waals surface area contributed by atoms with Gasteiger partial charge in [0.15, 0.2) is 11.5 Å². The first kappa shape index (κ1) is 16.3. The molecular weight excluding hydrogens is 256 g/mol. The highest BCUT2D eigenvalue weighted by Gasteiger charge is 2.22. The van der Waals surface area contributed by atoms with Crippen molar-refractivity contribution in [3.63, 3.8) is 0 Å². The van der Waals surface area contributed by atoms with Gasteiger partial charge < -0.3 is 14.2 Å². The van der Waals surface area contributed by atoms with Crippen molar-refractivity contribution in [2.24, 2.45) is 0 Å². The average molecular weight is 280 g/mol. The van der Waals surface area contributed by atoms with Crippen molar-refractivity contribution in [2.75, 3.05) is 21.3 Å². The van der Waals surface area contributed by atoms with E-state index in [0.717, 1.165) is 24.3 Å². The Morgan fingerprint density at radius 1 is 1.10 bits per heavy atom. The Balaban J connectivity index is 2.78. The van der Waals surface area contributed by atoms with Crippen LogP contribution in [0.2, 0.25) is 0 Å². The van der Waals surface area contributed by atoms with Crippen molar-refractivity contribution in [2.45, 2.75) is 38.5 Å². The van der Waals surface area contributed by atoms with E-state index in [4.69, 9.17) is 9.47 Å². The summed E-state index contributed by atoms with van der Waals surface area (Å²) in [4.78, 5) is 11.2. The molecule has 1 aromatic carbocycles. The lowest BCUT2D eigenvalue weighted by molar-refractivity contribution is -0.140. The van der Waals surface area contributed by atoms with Crippen LogP contribution in [0.1, 0.15) is 38.7 Å². The zero-order chi connectivity index (χ0) is 15.2. The van der Waals surface area contributed by atoms with Crippen LogP contribution >= 0.6 is 0 Å². The van der Waals surface area contributed by atoms with E-state index in [1.165, 1.54) is 12.7 Å². The largest absolute Gasteiger partial charge is 0.493 e. The van der Waals surface area contributed by atoms with Crippen molar-refractivity contribution in [3.8, 4) is 11.5 Å². The molecule has 0 heterocycles. The lowest BCUT2D eigenvalue weighted by Crippen LogP contribution is -2.18. The summed E-state index contributed by atoms with van der Waals surface area (Å²) in [6.45, 7) is 4.32. The molecule has 0 aliphatic heterocycles. The van der Waals surface area contributed by atoms with E-state index in [1.54, 1.807) is 14.2 Å². The lowest BCUT2D eigenvalue weighted by atomic mass is 9.80. The highest BCUT2D eigenvalue weighted by atomic mass is 16.5. The predicted molar refractivity (Wildman–Crippen MR) is 78.4 cm³/mol. The van der Waals surface area contributed by atoms with Gasteiger partial charge in [-0.1, -0.05) is 19.9 Å². The topological polar surface area (TPSA) is 44.8 Å². The number of methoxy groups -OCH3 is 3. The summed E-state index contributed by atoms with van der Waals surface area (Å²) < 4.78 is 15.2. The molecule has 112 valence electrons. The van der Waals surface area contributed by atoms with Crippen LogP contribution in [-0.4, -0.2) is 27.3 Å². The van der Waals surface area contributed by atoms with Crippen molar-refractivity contribution in [1.29, 1.82) is 0 Å². The van der Waals surface area contributed by atoms with Gasteiger partial charge in [0.05, 0.1) is 21.3 Å². The molecule has 0 bridgehead atoms. The predicted octanol–water partition coefficient (Wildman–Crippen LogP) is 3.32. The fraction of sp³-hybridized carbons (Fsp3) is 0.562. The van der Waals surface area contributed by atoms with Crippen LogP contribution in [-0.2, 0) is 14.9 Å². The summed E-state index contributed by atoms with van der Waals surface area (Å²) in [6.07, 6.45) is 2.15. The first-order chi connectivity index (χ1) is 9.44. The second-order valence-electron chi connectivity index (χ2n) is 5.38. The molecule has 0 atom stereocenters. The van der Waals surface area contributed by atoms with Gasteiger partial charge >= 0.3 is 5.97 Å². The Morgan fingerprint density at radius 3 is 2.30 bits per heavy atom. The molecular formula is C16H24O4. The van der Waals surface area contributed by atoms with Crippen LogP contribution in [0, 0.1) is 0 Å². The summed E-state index contributed by atoms with van der Waals surface area (Å²) >= 11 is 0. The maximum atomic E-state index is 11.2. The molecule has 1 rings (SSSR count). The Hall–Kier alpha value is -1.71. The zero-order valence-electron chi connectivity index (χ0n) is 13.0. The fourth-order valence-corrected chi connectivity index (χ4v) is 2.18. The Bertz CT molecular complexity index is 452. The molecule has 0 fully saturated rings. The van der Waals surface area contributed by atoms with Gasteiger partial charge in [0.1, 0.15) is 0 Å². The van der Waals surface area contributed by atoms with Gasteiger partial charge in [0, 0.05) is 6.42 Å². The number of carbonyl (C=O) groups is 1. The van der Waals surface area contributed by atoms with E-state index in [-0.39, 0.29) is 11.4 Å². The third-order valence-electron chi connectivity index (χ3n) is 3.58. The summed E-state index contributed by atoms with van der Waals surface area (Å²) in [5.74, 6) is 1.29. The van der Waals surface area contributed by atoms with Crippen LogP contribution < -0.4 is 9.47 Å². The summed E-state index contributed by atoms with van der Waals surface area (Å²) in [7, 11) is 4.67.